The number of nitrogens with zero attached hydrogens (tertiary/aromatic N) is 1. The van der Waals surface area contributed by atoms with Crippen LogP contribution in [0, 0.1) is 0 Å². The lowest BCUT2D eigenvalue weighted by Gasteiger charge is -2.17. The predicted octanol–water partition coefficient (Wildman–Crippen LogP) is -0.517. The Morgan fingerprint density at radius 3 is 3.12 bits per heavy atom. The van der Waals surface area contributed by atoms with E-state index in [2.05, 4.69) is 15.6 Å². The quantitative estimate of drug-likeness (QED) is 0.580. The predicted molar refractivity (Wildman–Crippen MR) is 66.8 cm³/mol. The zero-order chi connectivity index (χ0) is 12.7. The van der Waals surface area contributed by atoms with E-state index in [1.165, 1.54) is 11.8 Å². The summed E-state index contributed by atoms with van der Waals surface area (Å²) in [6.07, 6.45) is 0.942. The maximum absolute atomic E-state index is 11.3. The molecule has 1 heterocycles. The topological polar surface area (TPSA) is 90.8 Å². The summed E-state index contributed by atoms with van der Waals surface area (Å²) in [6, 6.07) is -0.0244. The van der Waals surface area contributed by atoms with E-state index in [4.69, 9.17) is 5.11 Å². The van der Waals surface area contributed by atoms with Crippen molar-refractivity contribution in [3.8, 4) is 0 Å². The van der Waals surface area contributed by atoms with Crippen molar-refractivity contribution in [2.75, 3.05) is 18.9 Å². The van der Waals surface area contributed by atoms with Crippen LogP contribution < -0.4 is 10.6 Å². The van der Waals surface area contributed by atoms with Crippen molar-refractivity contribution >= 4 is 28.7 Å². The van der Waals surface area contributed by atoms with Crippen molar-refractivity contribution in [3.05, 3.63) is 0 Å². The van der Waals surface area contributed by atoms with Gasteiger partial charge in [-0.3, -0.25) is 14.6 Å². The van der Waals surface area contributed by atoms with Crippen LogP contribution >= 0.6 is 11.8 Å². The second-order valence-corrected chi connectivity index (χ2v) is 4.72. The number of nitrogens with one attached hydrogen (secondary N) is 2. The van der Waals surface area contributed by atoms with Gasteiger partial charge in [0.2, 0.25) is 11.8 Å². The highest BCUT2D eigenvalue weighted by Gasteiger charge is 2.18. The molecule has 1 rings (SSSR count). The minimum Gasteiger partial charge on any atom is -0.396 e. The zero-order valence-corrected chi connectivity index (χ0v) is 10.5. The molecule has 0 aromatic rings. The Hall–Kier alpha value is -1.08. The van der Waals surface area contributed by atoms with Crippen LogP contribution in [0.5, 0.6) is 0 Å². The van der Waals surface area contributed by atoms with E-state index in [0.29, 0.717) is 24.6 Å². The summed E-state index contributed by atoms with van der Waals surface area (Å²) in [7, 11) is 0. The third-order valence-corrected chi connectivity index (χ3v) is 2.95. The molecule has 0 saturated heterocycles. The maximum atomic E-state index is 11.3. The number of thioether (sulfide) groups is 1. The average Bonchev–Trinajstić information content (AvgIpc) is 2.25. The van der Waals surface area contributed by atoms with Crippen molar-refractivity contribution in [2.45, 2.75) is 25.8 Å². The van der Waals surface area contributed by atoms with Gasteiger partial charge >= 0.3 is 0 Å². The van der Waals surface area contributed by atoms with Gasteiger partial charge in [0.1, 0.15) is 0 Å². The average molecular weight is 259 g/mol. The molecule has 3 N–H and O–H groups in total. The van der Waals surface area contributed by atoms with Gasteiger partial charge < -0.3 is 15.7 Å². The number of carbonyl (C=O) groups is 2. The summed E-state index contributed by atoms with van der Waals surface area (Å²) in [6.45, 7) is 2.39. The fourth-order valence-electron chi connectivity index (χ4n) is 1.28. The lowest BCUT2D eigenvalue weighted by Crippen LogP contribution is -2.37. The molecule has 0 aromatic carbocycles. The van der Waals surface area contributed by atoms with E-state index >= 15 is 0 Å². The summed E-state index contributed by atoms with van der Waals surface area (Å²) in [5, 5.41) is 14.3. The van der Waals surface area contributed by atoms with Gasteiger partial charge in [-0.15, -0.1) is 0 Å². The van der Waals surface area contributed by atoms with Crippen molar-refractivity contribution in [3.63, 3.8) is 0 Å². The molecule has 1 aliphatic heterocycles. The smallest absolute Gasteiger partial charge is 0.230 e. The first-order chi connectivity index (χ1) is 8.11. The van der Waals surface area contributed by atoms with Crippen molar-refractivity contribution in [2.24, 2.45) is 4.99 Å². The molecule has 0 radical (unpaired) electrons. The van der Waals surface area contributed by atoms with Crippen LogP contribution in [0.4, 0.5) is 0 Å². The second-order valence-electron chi connectivity index (χ2n) is 3.75. The second kappa shape index (κ2) is 7.29. The molecule has 0 unspecified atom stereocenters. The van der Waals surface area contributed by atoms with Gasteiger partial charge in [-0.05, 0) is 13.3 Å². The lowest BCUT2D eigenvalue weighted by atomic mass is 10.2. The van der Waals surface area contributed by atoms with Crippen LogP contribution in [0.25, 0.3) is 0 Å². The summed E-state index contributed by atoms with van der Waals surface area (Å²) < 4.78 is 0. The van der Waals surface area contributed by atoms with Crippen LogP contribution in [-0.2, 0) is 9.59 Å². The maximum Gasteiger partial charge on any atom is 0.230 e. The summed E-state index contributed by atoms with van der Waals surface area (Å²) in [4.78, 5) is 26.8. The van der Waals surface area contributed by atoms with Gasteiger partial charge in [0.05, 0.1) is 11.8 Å². The SMILES string of the molecule is C[C@H]1CC(=O)NC(SCC(=O)NCCCO)=N1. The van der Waals surface area contributed by atoms with Gasteiger partial charge in [0.25, 0.3) is 0 Å². The molecule has 0 aromatic heterocycles. The Balaban J connectivity index is 2.25. The van der Waals surface area contributed by atoms with Crippen LogP contribution in [-0.4, -0.2) is 47.0 Å². The van der Waals surface area contributed by atoms with E-state index in [1.807, 2.05) is 6.92 Å². The number of amides is 2. The van der Waals surface area contributed by atoms with Crippen LogP contribution in [0.1, 0.15) is 19.8 Å². The number of hydrogen-bond acceptors (Lipinski definition) is 5. The number of amidine groups is 1. The highest BCUT2D eigenvalue weighted by atomic mass is 32.2. The first kappa shape index (κ1) is 14.0. The summed E-state index contributed by atoms with van der Waals surface area (Å²) >= 11 is 1.21. The van der Waals surface area contributed by atoms with Crippen LogP contribution in [0.3, 0.4) is 0 Å². The van der Waals surface area contributed by atoms with E-state index < -0.39 is 0 Å². The molecule has 96 valence electrons. The van der Waals surface area contributed by atoms with Crippen LogP contribution in [0.15, 0.2) is 4.99 Å². The monoisotopic (exact) mass is 259 g/mol. The molecule has 6 nitrogen and oxygen atoms in total. The fourth-order valence-corrected chi connectivity index (χ4v) is 2.09. The molecular formula is C10H17N3O3S. The number of aliphatic hydroxyl groups excluding tert-OH is 1. The van der Waals surface area contributed by atoms with Gasteiger partial charge in [-0.25, -0.2) is 0 Å². The van der Waals surface area contributed by atoms with E-state index in [0.717, 1.165) is 0 Å². The van der Waals surface area contributed by atoms with Gasteiger partial charge in [0.15, 0.2) is 5.17 Å². The fraction of sp³-hybridized carbons (Fsp3) is 0.700. The largest absolute Gasteiger partial charge is 0.396 e. The van der Waals surface area contributed by atoms with Gasteiger partial charge in [-0.1, -0.05) is 11.8 Å². The number of aliphatic imine (C=N–C) groups is 1. The molecule has 0 fully saturated rings. The third-order valence-electron chi connectivity index (χ3n) is 2.06. The number of rotatable bonds is 5. The molecule has 1 aliphatic rings. The lowest BCUT2D eigenvalue weighted by molar-refractivity contribution is -0.120. The Kier molecular flexibility index (Phi) is 5.99. The van der Waals surface area contributed by atoms with Gasteiger partial charge in [-0.2, -0.15) is 0 Å². The number of carbonyl (C=O) groups excluding carboxylic acids is 2. The normalized spacial score (nSPS) is 19.5. The molecule has 0 spiro atoms. The summed E-state index contributed by atoms with van der Waals surface area (Å²) in [5.74, 6) is 0.0337. The van der Waals surface area contributed by atoms with E-state index in [-0.39, 0.29) is 30.2 Å². The number of aliphatic hydroxyl groups is 1. The summed E-state index contributed by atoms with van der Waals surface area (Å²) in [5.41, 5.74) is 0. The standard InChI is InChI=1S/C10H17N3O3S/c1-7-5-8(15)13-10(12-7)17-6-9(16)11-3-2-4-14/h7,14H,2-6H2,1H3,(H,11,16)(H,12,13,15)/t7-/m0/s1. The molecule has 0 aliphatic carbocycles. The minimum atomic E-state index is -0.126. The van der Waals surface area contributed by atoms with E-state index in [9.17, 15) is 9.59 Å². The van der Waals surface area contributed by atoms with Crippen molar-refractivity contribution in [1.29, 1.82) is 0 Å². The van der Waals surface area contributed by atoms with Gasteiger partial charge in [0, 0.05) is 19.6 Å². The Morgan fingerprint density at radius 2 is 2.47 bits per heavy atom. The Labute approximate surface area is 104 Å². The van der Waals surface area contributed by atoms with Crippen molar-refractivity contribution in [1.82, 2.24) is 10.6 Å². The zero-order valence-electron chi connectivity index (χ0n) is 9.73. The third kappa shape index (κ3) is 5.69. The Bertz CT molecular complexity index is 320. The molecule has 7 heteroatoms. The number of hydrogen-bond donors (Lipinski definition) is 3. The van der Waals surface area contributed by atoms with E-state index in [1.54, 1.807) is 0 Å². The Morgan fingerprint density at radius 1 is 1.71 bits per heavy atom. The van der Waals surface area contributed by atoms with Crippen molar-refractivity contribution < 1.29 is 14.7 Å². The molecule has 1 atom stereocenters. The molecule has 2 amide bonds. The van der Waals surface area contributed by atoms with Crippen LogP contribution in [0.2, 0.25) is 0 Å². The highest BCUT2D eigenvalue weighted by Crippen LogP contribution is 2.10. The highest BCUT2D eigenvalue weighted by molar-refractivity contribution is 8.14. The molecular weight excluding hydrogens is 242 g/mol. The first-order valence-electron chi connectivity index (χ1n) is 5.50. The minimum absolute atomic E-state index is 0.0244. The molecule has 17 heavy (non-hydrogen) atoms. The molecule has 0 saturated carbocycles. The first-order valence-corrected chi connectivity index (χ1v) is 6.48. The molecule has 0 bridgehead atoms.